The fraction of sp³-hybridized carbons (Fsp3) is 0.294. The van der Waals surface area contributed by atoms with E-state index in [1.54, 1.807) is 7.11 Å². The Kier molecular flexibility index (Phi) is 4.85. The first-order valence-electron chi connectivity index (χ1n) is 6.63. The van der Waals surface area contributed by atoms with Crippen LogP contribution in [0.2, 0.25) is 0 Å². The van der Waals surface area contributed by atoms with Crippen molar-refractivity contribution in [1.82, 2.24) is 0 Å². The second-order valence-corrected chi connectivity index (χ2v) is 4.60. The van der Waals surface area contributed by atoms with Crippen molar-refractivity contribution in [3.8, 4) is 11.5 Å². The monoisotopic (exact) mass is 256 g/mol. The molecule has 0 aliphatic carbocycles. The zero-order valence-corrected chi connectivity index (χ0v) is 11.5. The highest BCUT2D eigenvalue weighted by atomic mass is 16.5. The lowest BCUT2D eigenvalue weighted by Crippen LogP contribution is -2.13. The first kappa shape index (κ1) is 13.5. The summed E-state index contributed by atoms with van der Waals surface area (Å²) in [7, 11) is 1.66. The highest BCUT2D eigenvalue weighted by Crippen LogP contribution is 2.27. The summed E-state index contributed by atoms with van der Waals surface area (Å²) in [5.41, 5.74) is 1.35. The summed E-state index contributed by atoms with van der Waals surface area (Å²) >= 11 is 0. The molecule has 2 heteroatoms. The zero-order chi connectivity index (χ0) is 13.5. The summed E-state index contributed by atoms with van der Waals surface area (Å²) < 4.78 is 11.2. The molecule has 0 heterocycles. The molecular weight excluding hydrogens is 236 g/mol. The van der Waals surface area contributed by atoms with Gasteiger partial charge in [-0.05, 0) is 37.5 Å². The predicted octanol–water partition coefficient (Wildman–Crippen LogP) is 4.10. The van der Waals surface area contributed by atoms with Crippen LogP contribution in [0, 0.1) is 0 Å². The van der Waals surface area contributed by atoms with E-state index in [-0.39, 0.29) is 6.10 Å². The molecule has 0 spiro atoms. The Balaban J connectivity index is 1.89. The molecule has 0 saturated heterocycles. The minimum atomic E-state index is 0.163. The summed E-state index contributed by atoms with van der Waals surface area (Å²) in [6, 6.07) is 18.2. The van der Waals surface area contributed by atoms with Crippen LogP contribution in [0.3, 0.4) is 0 Å². The van der Waals surface area contributed by atoms with E-state index in [9.17, 15) is 0 Å². The van der Waals surface area contributed by atoms with Crippen molar-refractivity contribution >= 4 is 0 Å². The van der Waals surface area contributed by atoms with Crippen LogP contribution in [0.4, 0.5) is 0 Å². The number of ether oxygens (including phenoxy) is 2. The van der Waals surface area contributed by atoms with Crippen LogP contribution in [-0.2, 0) is 6.42 Å². The Morgan fingerprint density at radius 2 is 1.53 bits per heavy atom. The van der Waals surface area contributed by atoms with Gasteiger partial charge in [0.15, 0.2) is 11.5 Å². The van der Waals surface area contributed by atoms with Gasteiger partial charge in [-0.25, -0.2) is 0 Å². The first-order chi connectivity index (χ1) is 9.29. The largest absolute Gasteiger partial charge is 0.493 e. The third-order valence-electron chi connectivity index (χ3n) is 3.08. The van der Waals surface area contributed by atoms with Gasteiger partial charge in [0.25, 0.3) is 0 Å². The molecule has 19 heavy (non-hydrogen) atoms. The van der Waals surface area contributed by atoms with Crippen molar-refractivity contribution in [2.45, 2.75) is 25.9 Å². The molecule has 2 aromatic rings. The van der Waals surface area contributed by atoms with Gasteiger partial charge in [0, 0.05) is 0 Å². The number of rotatable bonds is 6. The molecule has 0 amide bonds. The standard InChI is InChI=1S/C17H20O2/c1-14(12-13-15-8-4-3-5-9-15)19-17-11-7-6-10-16(17)18-2/h3-11,14H,12-13H2,1-2H3. The maximum atomic E-state index is 5.93. The van der Waals surface area contributed by atoms with E-state index >= 15 is 0 Å². The molecule has 0 aliphatic heterocycles. The van der Waals surface area contributed by atoms with Crippen LogP contribution in [0.1, 0.15) is 18.9 Å². The SMILES string of the molecule is COc1ccccc1OC(C)CCc1ccccc1. The molecule has 0 saturated carbocycles. The fourth-order valence-corrected chi connectivity index (χ4v) is 2.01. The van der Waals surface area contributed by atoms with Crippen molar-refractivity contribution in [2.75, 3.05) is 7.11 Å². The highest BCUT2D eigenvalue weighted by molar-refractivity contribution is 5.39. The second kappa shape index (κ2) is 6.83. The lowest BCUT2D eigenvalue weighted by molar-refractivity contribution is 0.202. The Hall–Kier alpha value is -1.96. The van der Waals surface area contributed by atoms with Gasteiger partial charge in [-0.15, -0.1) is 0 Å². The van der Waals surface area contributed by atoms with E-state index in [1.165, 1.54) is 5.56 Å². The molecule has 0 aromatic heterocycles. The third-order valence-corrected chi connectivity index (χ3v) is 3.08. The Labute approximate surface area is 115 Å². The first-order valence-corrected chi connectivity index (χ1v) is 6.63. The van der Waals surface area contributed by atoms with Gasteiger partial charge >= 0.3 is 0 Å². The minimum absolute atomic E-state index is 0.163. The van der Waals surface area contributed by atoms with Gasteiger partial charge in [-0.3, -0.25) is 0 Å². The summed E-state index contributed by atoms with van der Waals surface area (Å²) in [4.78, 5) is 0. The van der Waals surface area contributed by atoms with Crippen molar-refractivity contribution in [1.29, 1.82) is 0 Å². The second-order valence-electron chi connectivity index (χ2n) is 4.60. The number of aryl methyl sites for hydroxylation is 1. The van der Waals surface area contributed by atoms with Crippen LogP contribution >= 0.6 is 0 Å². The normalized spacial score (nSPS) is 11.9. The smallest absolute Gasteiger partial charge is 0.161 e. The van der Waals surface area contributed by atoms with Crippen LogP contribution in [0.5, 0.6) is 11.5 Å². The van der Waals surface area contributed by atoms with E-state index in [0.29, 0.717) is 0 Å². The summed E-state index contributed by atoms with van der Waals surface area (Å²) in [6.45, 7) is 2.09. The van der Waals surface area contributed by atoms with Gasteiger partial charge in [-0.2, -0.15) is 0 Å². The topological polar surface area (TPSA) is 18.5 Å². The number of hydrogen-bond acceptors (Lipinski definition) is 2. The molecule has 0 aliphatic rings. The average Bonchev–Trinajstić information content (AvgIpc) is 2.47. The van der Waals surface area contributed by atoms with E-state index in [4.69, 9.17) is 9.47 Å². The Bertz CT molecular complexity index is 494. The van der Waals surface area contributed by atoms with Gasteiger partial charge in [0.1, 0.15) is 0 Å². The average molecular weight is 256 g/mol. The Morgan fingerprint density at radius 1 is 0.895 bits per heavy atom. The maximum Gasteiger partial charge on any atom is 0.161 e. The third kappa shape index (κ3) is 4.02. The lowest BCUT2D eigenvalue weighted by Gasteiger charge is -2.16. The molecule has 0 N–H and O–H groups in total. The molecule has 100 valence electrons. The summed E-state index contributed by atoms with van der Waals surface area (Å²) in [5, 5.41) is 0. The quantitative estimate of drug-likeness (QED) is 0.775. The molecular formula is C17H20O2. The summed E-state index contributed by atoms with van der Waals surface area (Å²) in [6.07, 6.45) is 2.18. The summed E-state index contributed by atoms with van der Waals surface area (Å²) in [5.74, 6) is 1.60. The van der Waals surface area contributed by atoms with E-state index < -0.39 is 0 Å². The number of hydrogen-bond donors (Lipinski definition) is 0. The van der Waals surface area contributed by atoms with Crippen molar-refractivity contribution in [2.24, 2.45) is 0 Å². The molecule has 2 aromatic carbocycles. The van der Waals surface area contributed by atoms with Gasteiger partial charge in [0.05, 0.1) is 13.2 Å². The van der Waals surface area contributed by atoms with Crippen molar-refractivity contribution < 1.29 is 9.47 Å². The van der Waals surface area contributed by atoms with Crippen molar-refractivity contribution in [3.63, 3.8) is 0 Å². The molecule has 2 nitrogen and oxygen atoms in total. The lowest BCUT2D eigenvalue weighted by atomic mass is 10.1. The number of benzene rings is 2. The highest BCUT2D eigenvalue weighted by Gasteiger charge is 2.08. The maximum absolute atomic E-state index is 5.93. The minimum Gasteiger partial charge on any atom is -0.493 e. The van der Waals surface area contributed by atoms with E-state index in [1.807, 2.05) is 30.3 Å². The zero-order valence-electron chi connectivity index (χ0n) is 11.5. The van der Waals surface area contributed by atoms with Gasteiger partial charge in [-0.1, -0.05) is 42.5 Å². The molecule has 1 unspecified atom stereocenters. The van der Waals surface area contributed by atoms with Gasteiger partial charge in [0.2, 0.25) is 0 Å². The van der Waals surface area contributed by atoms with Crippen LogP contribution in [-0.4, -0.2) is 13.2 Å². The number of methoxy groups -OCH3 is 1. The van der Waals surface area contributed by atoms with Crippen LogP contribution in [0.15, 0.2) is 54.6 Å². The molecule has 0 radical (unpaired) electrons. The van der Waals surface area contributed by atoms with Crippen molar-refractivity contribution in [3.05, 3.63) is 60.2 Å². The molecule has 0 bridgehead atoms. The fourth-order valence-electron chi connectivity index (χ4n) is 2.01. The number of para-hydroxylation sites is 2. The Morgan fingerprint density at radius 3 is 2.21 bits per heavy atom. The van der Waals surface area contributed by atoms with Gasteiger partial charge < -0.3 is 9.47 Å². The van der Waals surface area contributed by atoms with E-state index in [0.717, 1.165) is 24.3 Å². The van der Waals surface area contributed by atoms with Crippen LogP contribution < -0.4 is 9.47 Å². The molecule has 2 rings (SSSR count). The van der Waals surface area contributed by atoms with Crippen LogP contribution in [0.25, 0.3) is 0 Å². The van der Waals surface area contributed by atoms with E-state index in [2.05, 4.69) is 31.2 Å². The molecule has 0 fully saturated rings. The predicted molar refractivity (Wildman–Crippen MR) is 77.8 cm³/mol. The molecule has 1 atom stereocenters.